The summed E-state index contributed by atoms with van der Waals surface area (Å²) in [5, 5.41) is 0.339. The largest absolute Gasteiger partial charge is 0.497 e. The van der Waals surface area contributed by atoms with Gasteiger partial charge in [0, 0.05) is 24.3 Å². The molecule has 0 radical (unpaired) electrons. The maximum absolute atomic E-state index is 12.7. The minimum Gasteiger partial charge on any atom is -0.497 e. The molecular formula is C17H17ClN2O2. The van der Waals surface area contributed by atoms with Gasteiger partial charge in [-0.05, 0) is 42.7 Å². The lowest BCUT2D eigenvalue weighted by Crippen LogP contribution is -2.32. The Morgan fingerprint density at radius 2 is 2.05 bits per heavy atom. The summed E-state index contributed by atoms with van der Waals surface area (Å²) in [5.74, 6) is 0.816. The fourth-order valence-corrected chi connectivity index (χ4v) is 2.56. The monoisotopic (exact) mass is 316 g/mol. The Kier molecular flexibility index (Phi) is 4.29. The number of nitrogens with zero attached hydrogens (tertiary/aromatic N) is 2. The van der Waals surface area contributed by atoms with Gasteiger partial charge in [0.2, 0.25) is 0 Å². The first-order valence-electron chi connectivity index (χ1n) is 7.23. The fourth-order valence-electron chi connectivity index (χ4n) is 2.38. The van der Waals surface area contributed by atoms with E-state index in [9.17, 15) is 4.79 Å². The van der Waals surface area contributed by atoms with Crippen LogP contribution in [-0.4, -0.2) is 28.9 Å². The van der Waals surface area contributed by atoms with Gasteiger partial charge in [0.15, 0.2) is 0 Å². The van der Waals surface area contributed by atoms with E-state index < -0.39 is 0 Å². The molecule has 0 atom stereocenters. The van der Waals surface area contributed by atoms with Gasteiger partial charge >= 0.3 is 0 Å². The maximum atomic E-state index is 12.7. The van der Waals surface area contributed by atoms with Gasteiger partial charge in [-0.15, -0.1) is 0 Å². The van der Waals surface area contributed by atoms with E-state index in [0.29, 0.717) is 23.3 Å². The molecule has 0 bridgehead atoms. The summed E-state index contributed by atoms with van der Waals surface area (Å²) in [6, 6.07) is 11.4. The highest BCUT2D eigenvalue weighted by Gasteiger charge is 2.33. The number of carbonyl (C=O) groups excluding carboxylic acids is 1. The number of carbonyl (C=O) groups is 1. The van der Waals surface area contributed by atoms with E-state index >= 15 is 0 Å². The first-order valence-corrected chi connectivity index (χ1v) is 7.60. The third-order valence-corrected chi connectivity index (χ3v) is 3.94. The van der Waals surface area contributed by atoms with Gasteiger partial charge < -0.3 is 9.64 Å². The molecule has 0 aliphatic heterocycles. The summed E-state index contributed by atoms with van der Waals surface area (Å²) in [6.07, 6.45) is 3.68. The van der Waals surface area contributed by atoms with Crippen LogP contribution in [0.3, 0.4) is 0 Å². The Balaban J connectivity index is 1.79. The van der Waals surface area contributed by atoms with Crippen LogP contribution in [0, 0.1) is 0 Å². The van der Waals surface area contributed by atoms with Gasteiger partial charge in [-0.25, -0.2) is 4.98 Å². The molecule has 0 spiro atoms. The van der Waals surface area contributed by atoms with Gasteiger partial charge in [-0.3, -0.25) is 4.79 Å². The molecule has 1 aliphatic carbocycles. The van der Waals surface area contributed by atoms with Crippen molar-refractivity contribution < 1.29 is 9.53 Å². The van der Waals surface area contributed by atoms with Crippen molar-refractivity contribution in [2.75, 3.05) is 7.11 Å². The first kappa shape index (κ1) is 14.9. The van der Waals surface area contributed by atoms with Crippen LogP contribution < -0.4 is 4.74 Å². The first-order chi connectivity index (χ1) is 10.7. The summed E-state index contributed by atoms with van der Waals surface area (Å²) in [7, 11) is 1.64. The van der Waals surface area contributed by atoms with E-state index in [0.717, 1.165) is 24.2 Å². The van der Waals surface area contributed by atoms with Crippen LogP contribution in [0.5, 0.6) is 5.75 Å². The molecule has 0 saturated heterocycles. The van der Waals surface area contributed by atoms with E-state index in [2.05, 4.69) is 4.98 Å². The molecule has 4 nitrogen and oxygen atoms in total. The second-order valence-electron chi connectivity index (χ2n) is 5.38. The van der Waals surface area contributed by atoms with E-state index in [4.69, 9.17) is 16.3 Å². The smallest absolute Gasteiger partial charge is 0.254 e. The molecule has 1 amide bonds. The van der Waals surface area contributed by atoms with Crippen LogP contribution in [0.25, 0.3) is 0 Å². The van der Waals surface area contributed by atoms with E-state index in [1.165, 1.54) is 0 Å². The Morgan fingerprint density at radius 1 is 1.32 bits per heavy atom. The molecule has 1 saturated carbocycles. The van der Waals surface area contributed by atoms with E-state index in [1.807, 2.05) is 29.2 Å². The van der Waals surface area contributed by atoms with Crippen molar-refractivity contribution in [2.45, 2.75) is 25.4 Å². The quantitative estimate of drug-likeness (QED) is 0.792. The molecule has 114 valence electrons. The standard InChI is InChI=1S/C17H17ClN2O2/c1-22-15-6-2-12(3-7-15)11-20(14-4-5-14)17(21)13-8-9-19-16(18)10-13/h2-3,6-10,14H,4-5,11H2,1H3. The molecule has 5 heteroatoms. The van der Waals surface area contributed by atoms with Crippen LogP contribution in [0.4, 0.5) is 0 Å². The van der Waals surface area contributed by atoms with Crippen molar-refractivity contribution in [3.05, 3.63) is 58.9 Å². The fraction of sp³-hybridized carbons (Fsp3) is 0.294. The molecule has 22 heavy (non-hydrogen) atoms. The molecule has 1 aliphatic rings. The van der Waals surface area contributed by atoms with Crippen molar-refractivity contribution in [3.63, 3.8) is 0 Å². The minimum atomic E-state index is 0.00242. The predicted octanol–water partition coefficient (Wildman–Crippen LogP) is 3.55. The molecule has 1 aromatic carbocycles. The zero-order chi connectivity index (χ0) is 15.5. The molecule has 1 fully saturated rings. The van der Waals surface area contributed by atoms with Gasteiger partial charge in [-0.2, -0.15) is 0 Å². The molecule has 0 unspecified atom stereocenters. The van der Waals surface area contributed by atoms with Crippen LogP contribution >= 0.6 is 11.6 Å². The molecule has 0 N–H and O–H groups in total. The summed E-state index contributed by atoms with van der Waals surface area (Å²) in [6.45, 7) is 0.591. The Morgan fingerprint density at radius 3 is 2.64 bits per heavy atom. The van der Waals surface area contributed by atoms with E-state index in [-0.39, 0.29) is 5.91 Å². The van der Waals surface area contributed by atoms with Crippen molar-refractivity contribution in [2.24, 2.45) is 0 Å². The highest BCUT2D eigenvalue weighted by molar-refractivity contribution is 6.29. The molecule has 3 rings (SSSR count). The van der Waals surface area contributed by atoms with Gasteiger partial charge in [0.05, 0.1) is 7.11 Å². The normalized spacial score (nSPS) is 13.7. The predicted molar refractivity (Wildman–Crippen MR) is 85.1 cm³/mol. The molecule has 2 aromatic rings. The third kappa shape index (κ3) is 3.39. The molecule has 1 heterocycles. The highest BCUT2D eigenvalue weighted by atomic mass is 35.5. The second-order valence-corrected chi connectivity index (χ2v) is 5.77. The Bertz CT molecular complexity index is 669. The van der Waals surface area contributed by atoms with Crippen molar-refractivity contribution >= 4 is 17.5 Å². The summed E-state index contributed by atoms with van der Waals surface area (Å²) in [4.78, 5) is 18.6. The zero-order valence-electron chi connectivity index (χ0n) is 12.3. The summed E-state index contributed by atoms with van der Waals surface area (Å²) >= 11 is 5.89. The Hall–Kier alpha value is -2.07. The number of ether oxygens (including phenoxy) is 1. The van der Waals surface area contributed by atoms with Gasteiger partial charge in [0.1, 0.15) is 10.9 Å². The summed E-state index contributed by atoms with van der Waals surface area (Å²) < 4.78 is 5.16. The minimum absolute atomic E-state index is 0.00242. The van der Waals surface area contributed by atoms with E-state index in [1.54, 1.807) is 25.4 Å². The average Bonchev–Trinajstić information content (AvgIpc) is 3.37. The number of benzene rings is 1. The summed E-state index contributed by atoms with van der Waals surface area (Å²) in [5.41, 5.74) is 1.67. The Labute approximate surface area is 134 Å². The second kappa shape index (κ2) is 6.36. The maximum Gasteiger partial charge on any atom is 0.254 e. The molecule has 1 aromatic heterocycles. The lowest BCUT2D eigenvalue weighted by molar-refractivity contribution is 0.0730. The van der Waals surface area contributed by atoms with Crippen LogP contribution in [0.2, 0.25) is 5.15 Å². The van der Waals surface area contributed by atoms with Gasteiger partial charge in [0.25, 0.3) is 5.91 Å². The lowest BCUT2D eigenvalue weighted by atomic mass is 10.1. The highest BCUT2D eigenvalue weighted by Crippen LogP contribution is 2.30. The molecular weight excluding hydrogens is 300 g/mol. The van der Waals surface area contributed by atoms with Crippen molar-refractivity contribution in [1.82, 2.24) is 9.88 Å². The van der Waals surface area contributed by atoms with Crippen LogP contribution in [0.1, 0.15) is 28.8 Å². The average molecular weight is 317 g/mol. The van der Waals surface area contributed by atoms with Crippen molar-refractivity contribution in [1.29, 1.82) is 0 Å². The number of rotatable bonds is 5. The lowest BCUT2D eigenvalue weighted by Gasteiger charge is -2.23. The number of pyridine rings is 1. The van der Waals surface area contributed by atoms with Gasteiger partial charge in [-0.1, -0.05) is 23.7 Å². The number of hydrogen-bond donors (Lipinski definition) is 0. The third-order valence-electron chi connectivity index (χ3n) is 3.73. The number of aromatic nitrogens is 1. The number of hydrogen-bond acceptors (Lipinski definition) is 3. The number of amides is 1. The van der Waals surface area contributed by atoms with Crippen molar-refractivity contribution in [3.8, 4) is 5.75 Å². The SMILES string of the molecule is COc1ccc(CN(C(=O)c2ccnc(Cl)c2)C2CC2)cc1. The number of methoxy groups -OCH3 is 1. The van der Waals surface area contributed by atoms with Crippen LogP contribution in [0.15, 0.2) is 42.6 Å². The number of halogens is 1. The topological polar surface area (TPSA) is 42.4 Å². The zero-order valence-corrected chi connectivity index (χ0v) is 13.1. The van der Waals surface area contributed by atoms with Crippen LogP contribution in [-0.2, 0) is 6.54 Å².